The Labute approximate surface area is 102 Å². The van der Waals surface area contributed by atoms with Gasteiger partial charge < -0.3 is 15.8 Å². The van der Waals surface area contributed by atoms with E-state index < -0.39 is 0 Å². The van der Waals surface area contributed by atoms with Gasteiger partial charge >= 0.3 is 0 Å². The van der Waals surface area contributed by atoms with Gasteiger partial charge in [-0.3, -0.25) is 0 Å². The third-order valence-corrected chi connectivity index (χ3v) is 2.37. The average Bonchev–Trinajstić information content (AvgIpc) is 2.26. The van der Waals surface area contributed by atoms with Crippen molar-refractivity contribution in [3.8, 4) is 0 Å². The number of anilines is 1. The molecule has 17 heavy (non-hydrogen) atoms. The van der Waals surface area contributed by atoms with Crippen molar-refractivity contribution in [2.24, 2.45) is 16.8 Å². The standard InChI is InChI=1S/C12H20N4O/c1-8(2)7-16(4)11-6-10(12(13)15-17)5-9(3)14-11/h5-6,8,17H,7H2,1-4H3,(H2,13,15). The van der Waals surface area contributed by atoms with Crippen LogP contribution < -0.4 is 10.6 Å². The predicted octanol–water partition coefficient (Wildman–Crippen LogP) is 1.58. The van der Waals surface area contributed by atoms with Gasteiger partial charge in [-0.2, -0.15) is 0 Å². The number of rotatable bonds is 4. The van der Waals surface area contributed by atoms with Gasteiger partial charge in [0.2, 0.25) is 0 Å². The van der Waals surface area contributed by atoms with E-state index in [2.05, 4.69) is 28.9 Å². The maximum absolute atomic E-state index is 8.68. The smallest absolute Gasteiger partial charge is 0.170 e. The number of nitrogens with two attached hydrogens (primary N) is 1. The topological polar surface area (TPSA) is 74.7 Å². The first-order chi connectivity index (χ1) is 7.93. The molecule has 5 heteroatoms. The van der Waals surface area contributed by atoms with Crippen LogP contribution >= 0.6 is 0 Å². The molecule has 0 aliphatic carbocycles. The van der Waals surface area contributed by atoms with Crippen molar-refractivity contribution < 1.29 is 5.21 Å². The first-order valence-corrected chi connectivity index (χ1v) is 5.61. The summed E-state index contributed by atoms with van der Waals surface area (Å²) in [6, 6.07) is 3.62. The van der Waals surface area contributed by atoms with E-state index in [0.717, 1.165) is 18.1 Å². The van der Waals surface area contributed by atoms with Gasteiger partial charge in [0.05, 0.1) is 0 Å². The number of aromatic nitrogens is 1. The van der Waals surface area contributed by atoms with E-state index in [-0.39, 0.29) is 5.84 Å². The fourth-order valence-corrected chi connectivity index (χ4v) is 1.69. The molecule has 0 saturated heterocycles. The van der Waals surface area contributed by atoms with E-state index in [9.17, 15) is 0 Å². The third kappa shape index (κ3) is 3.62. The molecule has 0 radical (unpaired) electrons. The van der Waals surface area contributed by atoms with Crippen LogP contribution in [0.25, 0.3) is 0 Å². The van der Waals surface area contributed by atoms with Crippen LogP contribution in [-0.2, 0) is 0 Å². The SMILES string of the molecule is Cc1cc(/C(N)=N/O)cc(N(C)CC(C)C)n1. The van der Waals surface area contributed by atoms with Crippen molar-refractivity contribution in [2.45, 2.75) is 20.8 Å². The minimum Gasteiger partial charge on any atom is -0.409 e. The second kappa shape index (κ2) is 5.52. The summed E-state index contributed by atoms with van der Waals surface area (Å²) in [6.45, 7) is 7.10. The average molecular weight is 236 g/mol. The Kier molecular flexibility index (Phi) is 4.31. The lowest BCUT2D eigenvalue weighted by atomic mass is 10.2. The van der Waals surface area contributed by atoms with Gasteiger partial charge in [0.1, 0.15) is 5.82 Å². The van der Waals surface area contributed by atoms with E-state index >= 15 is 0 Å². The largest absolute Gasteiger partial charge is 0.409 e. The molecule has 5 nitrogen and oxygen atoms in total. The first-order valence-electron chi connectivity index (χ1n) is 5.61. The summed E-state index contributed by atoms with van der Waals surface area (Å²) in [5.41, 5.74) is 7.12. The molecule has 0 spiro atoms. The summed E-state index contributed by atoms with van der Waals surface area (Å²) in [4.78, 5) is 6.50. The second-order valence-electron chi connectivity index (χ2n) is 4.62. The molecule has 1 aromatic heterocycles. The summed E-state index contributed by atoms with van der Waals surface area (Å²) in [7, 11) is 1.98. The van der Waals surface area contributed by atoms with E-state index in [1.165, 1.54) is 0 Å². The lowest BCUT2D eigenvalue weighted by molar-refractivity contribution is 0.318. The zero-order valence-corrected chi connectivity index (χ0v) is 10.8. The number of pyridine rings is 1. The Morgan fingerprint density at radius 3 is 2.71 bits per heavy atom. The Morgan fingerprint density at radius 2 is 2.18 bits per heavy atom. The molecule has 0 unspecified atom stereocenters. The molecule has 0 fully saturated rings. The Balaban J connectivity index is 3.05. The molecule has 1 rings (SSSR count). The molecule has 3 N–H and O–H groups in total. The number of aryl methyl sites for hydroxylation is 1. The van der Waals surface area contributed by atoms with Crippen LogP contribution in [0.3, 0.4) is 0 Å². The van der Waals surface area contributed by atoms with Gasteiger partial charge in [-0.15, -0.1) is 0 Å². The molecule has 0 aliphatic rings. The van der Waals surface area contributed by atoms with E-state index in [0.29, 0.717) is 11.5 Å². The molecule has 0 amide bonds. The van der Waals surface area contributed by atoms with Gasteiger partial charge in [-0.1, -0.05) is 19.0 Å². The van der Waals surface area contributed by atoms with Crippen LogP contribution in [0.15, 0.2) is 17.3 Å². The summed E-state index contributed by atoms with van der Waals surface area (Å²) < 4.78 is 0. The lowest BCUT2D eigenvalue weighted by Crippen LogP contribution is -2.24. The first kappa shape index (κ1) is 13.3. The minimum absolute atomic E-state index is 0.106. The molecular formula is C12H20N4O. The normalized spacial score (nSPS) is 11.9. The maximum atomic E-state index is 8.68. The molecule has 0 aromatic carbocycles. The Hall–Kier alpha value is -1.78. The number of hydrogen-bond acceptors (Lipinski definition) is 4. The highest BCUT2D eigenvalue weighted by Gasteiger charge is 2.09. The molecule has 0 aliphatic heterocycles. The fraction of sp³-hybridized carbons (Fsp3) is 0.500. The zero-order valence-electron chi connectivity index (χ0n) is 10.8. The summed E-state index contributed by atoms with van der Waals surface area (Å²) in [5.74, 6) is 1.49. The number of hydrogen-bond donors (Lipinski definition) is 2. The van der Waals surface area contributed by atoms with E-state index in [1.807, 2.05) is 20.0 Å². The van der Waals surface area contributed by atoms with Crippen LogP contribution in [-0.4, -0.2) is 29.6 Å². The summed E-state index contributed by atoms with van der Waals surface area (Å²) >= 11 is 0. The van der Waals surface area contributed by atoms with Crippen molar-refractivity contribution in [1.82, 2.24) is 4.98 Å². The molecule has 0 bridgehead atoms. The van der Waals surface area contributed by atoms with Crippen LogP contribution in [0.4, 0.5) is 5.82 Å². The second-order valence-corrected chi connectivity index (χ2v) is 4.62. The van der Waals surface area contributed by atoms with Gasteiger partial charge in [0.15, 0.2) is 5.84 Å². The third-order valence-electron chi connectivity index (χ3n) is 2.37. The lowest BCUT2D eigenvalue weighted by Gasteiger charge is -2.21. The fourth-order valence-electron chi connectivity index (χ4n) is 1.69. The van der Waals surface area contributed by atoms with Gasteiger partial charge in [0.25, 0.3) is 0 Å². The van der Waals surface area contributed by atoms with Crippen molar-refractivity contribution in [3.05, 3.63) is 23.4 Å². The summed E-state index contributed by atoms with van der Waals surface area (Å²) in [5, 5.41) is 11.7. The molecule has 1 aromatic rings. The Bertz CT molecular complexity index is 415. The monoisotopic (exact) mass is 236 g/mol. The molecule has 94 valence electrons. The summed E-state index contributed by atoms with van der Waals surface area (Å²) in [6.07, 6.45) is 0. The van der Waals surface area contributed by atoms with E-state index in [4.69, 9.17) is 10.9 Å². The van der Waals surface area contributed by atoms with Crippen molar-refractivity contribution in [3.63, 3.8) is 0 Å². The number of nitrogens with zero attached hydrogens (tertiary/aromatic N) is 3. The maximum Gasteiger partial charge on any atom is 0.170 e. The van der Waals surface area contributed by atoms with Crippen molar-refractivity contribution in [2.75, 3.05) is 18.5 Å². The Morgan fingerprint density at radius 1 is 1.53 bits per heavy atom. The van der Waals surface area contributed by atoms with E-state index in [1.54, 1.807) is 6.07 Å². The highest BCUT2D eigenvalue weighted by atomic mass is 16.4. The highest BCUT2D eigenvalue weighted by molar-refractivity contribution is 5.97. The van der Waals surface area contributed by atoms with Gasteiger partial charge in [-0.05, 0) is 25.0 Å². The number of oxime groups is 1. The zero-order chi connectivity index (χ0) is 13.0. The highest BCUT2D eigenvalue weighted by Crippen LogP contribution is 2.15. The molecule has 0 atom stereocenters. The molecule has 1 heterocycles. The van der Waals surface area contributed by atoms with Crippen molar-refractivity contribution >= 4 is 11.7 Å². The van der Waals surface area contributed by atoms with Crippen LogP contribution in [0.2, 0.25) is 0 Å². The predicted molar refractivity (Wildman–Crippen MR) is 69.6 cm³/mol. The number of amidine groups is 1. The quantitative estimate of drug-likeness (QED) is 0.360. The minimum atomic E-state index is 0.106. The van der Waals surface area contributed by atoms with Gasteiger partial charge in [0, 0.05) is 24.8 Å². The molecular weight excluding hydrogens is 216 g/mol. The van der Waals surface area contributed by atoms with Crippen LogP contribution in [0, 0.1) is 12.8 Å². The van der Waals surface area contributed by atoms with Crippen LogP contribution in [0.5, 0.6) is 0 Å². The van der Waals surface area contributed by atoms with Gasteiger partial charge in [-0.25, -0.2) is 4.98 Å². The van der Waals surface area contributed by atoms with Crippen molar-refractivity contribution in [1.29, 1.82) is 0 Å². The van der Waals surface area contributed by atoms with Crippen LogP contribution in [0.1, 0.15) is 25.1 Å². The molecule has 0 saturated carbocycles.